The minimum Gasteiger partial charge on any atom is -0.459 e. The molecule has 0 saturated carbocycles. The van der Waals surface area contributed by atoms with Gasteiger partial charge in [0.2, 0.25) is 5.28 Å². The zero-order chi connectivity index (χ0) is 40.7. The molecule has 2 aromatic carbocycles. The van der Waals surface area contributed by atoms with Gasteiger partial charge in [-0.05, 0) is 122 Å². The second kappa shape index (κ2) is 15.8. The summed E-state index contributed by atoms with van der Waals surface area (Å²) in [5.74, 6) is -1.21. The normalized spacial score (nSPS) is 17.6. The van der Waals surface area contributed by atoms with E-state index in [0.717, 1.165) is 16.6 Å². The van der Waals surface area contributed by atoms with E-state index in [1.54, 1.807) is 31.7 Å². The predicted octanol–water partition coefficient (Wildman–Crippen LogP) is 6.12. The zero-order valence-corrected chi connectivity index (χ0v) is 34.7. The van der Waals surface area contributed by atoms with Gasteiger partial charge in [0.05, 0.1) is 28.1 Å². The number of hydrogen-bond acceptors (Lipinski definition) is 10. The van der Waals surface area contributed by atoms with Gasteiger partial charge in [-0.15, -0.1) is 0 Å². The van der Waals surface area contributed by atoms with Crippen molar-refractivity contribution in [2.75, 3.05) is 26.2 Å². The first-order chi connectivity index (χ1) is 25.4. The fraction of sp³-hybridized carbons (Fsp3) is 0.500. The third-order valence-electron chi connectivity index (χ3n) is 9.57. The molecule has 0 N–H and O–H groups in total. The molecule has 15 heteroatoms. The average molecular weight is 796 g/mol. The maximum absolute atomic E-state index is 13.0. The molecule has 3 aromatic rings. The fourth-order valence-corrected chi connectivity index (χ4v) is 6.57. The van der Waals surface area contributed by atoms with Gasteiger partial charge in [-0.2, -0.15) is 0 Å². The Morgan fingerprint density at radius 3 is 1.75 bits per heavy atom. The number of benzene rings is 2. The van der Waals surface area contributed by atoms with E-state index >= 15 is 0 Å². The Balaban J connectivity index is 0.000000211. The number of halogens is 2. The Labute approximate surface area is 333 Å². The number of amides is 2. The van der Waals surface area contributed by atoms with Crippen LogP contribution in [0.25, 0.3) is 11.3 Å². The number of nitrogens with zero attached hydrogens (tertiary/aromatic N) is 4. The molecule has 4 heterocycles. The zero-order valence-electron chi connectivity index (χ0n) is 33.2. The number of carbonyl (C=O) groups excluding carboxylic acids is 4. The lowest BCUT2D eigenvalue weighted by Crippen LogP contribution is -2.44. The Hall–Kier alpha value is -4.04. The molecular weight excluding hydrogens is 746 g/mol. The number of esters is 2. The van der Waals surface area contributed by atoms with E-state index in [4.69, 9.17) is 42.0 Å². The Morgan fingerprint density at radius 1 is 0.782 bits per heavy atom. The molecule has 294 valence electrons. The highest BCUT2D eigenvalue weighted by atomic mass is 35.5. The Bertz CT molecular complexity index is 1980. The highest BCUT2D eigenvalue weighted by Crippen LogP contribution is 2.37. The number of carbonyl (C=O) groups is 4. The van der Waals surface area contributed by atoms with Gasteiger partial charge in [0, 0.05) is 29.8 Å². The van der Waals surface area contributed by atoms with Gasteiger partial charge < -0.3 is 28.6 Å². The van der Waals surface area contributed by atoms with E-state index in [-0.39, 0.29) is 30.2 Å². The van der Waals surface area contributed by atoms with E-state index < -0.39 is 41.5 Å². The van der Waals surface area contributed by atoms with Gasteiger partial charge in [-0.25, -0.2) is 9.97 Å². The fourth-order valence-electron chi connectivity index (χ4n) is 6.24. The molecule has 0 unspecified atom stereocenters. The van der Waals surface area contributed by atoms with Crippen LogP contribution >= 0.6 is 23.2 Å². The van der Waals surface area contributed by atoms with Crippen molar-refractivity contribution in [1.29, 1.82) is 0 Å². The largest absolute Gasteiger partial charge is 0.494 e. The third-order valence-corrected chi connectivity index (χ3v) is 10.0. The monoisotopic (exact) mass is 794 g/mol. The van der Waals surface area contributed by atoms with Crippen LogP contribution < -0.4 is 5.46 Å². The van der Waals surface area contributed by atoms with Gasteiger partial charge in [0.15, 0.2) is 0 Å². The van der Waals surface area contributed by atoms with E-state index in [1.165, 1.54) is 11.1 Å². The van der Waals surface area contributed by atoms with Crippen LogP contribution in [-0.4, -0.2) is 99.2 Å². The van der Waals surface area contributed by atoms with Gasteiger partial charge in [0.1, 0.15) is 24.3 Å². The molecule has 0 atom stereocenters. The second-order valence-electron chi connectivity index (χ2n) is 16.8. The number of fused-ring (bicyclic) bond motifs is 2. The molecule has 0 spiro atoms. The highest BCUT2D eigenvalue weighted by molar-refractivity contribution is 6.62. The van der Waals surface area contributed by atoms with Crippen LogP contribution in [-0.2, 0) is 41.2 Å². The Kier molecular flexibility index (Phi) is 12.1. The van der Waals surface area contributed by atoms with Gasteiger partial charge in [0.25, 0.3) is 11.8 Å². The number of ether oxygens (including phenoxy) is 2. The molecule has 55 heavy (non-hydrogen) atoms. The molecule has 3 aliphatic heterocycles. The van der Waals surface area contributed by atoms with Crippen molar-refractivity contribution in [1.82, 2.24) is 19.8 Å². The lowest BCUT2D eigenvalue weighted by atomic mass is 9.77. The van der Waals surface area contributed by atoms with Gasteiger partial charge in [-0.3, -0.25) is 19.2 Å². The van der Waals surface area contributed by atoms with E-state index in [0.29, 0.717) is 53.3 Å². The van der Waals surface area contributed by atoms with Crippen molar-refractivity contribution in [2.24, 2.45) is 0 Å². The number of hydrogen-bond donors (Lipinski definition) is 0. The molecule has 2 amide bonds. The lowest BCUT2D eigenvalue weighted by Gasteiger charge is -2.32. The molecule has 1 saturated heterocycles. The summed E-state index contributed by atoms with van der Waals surface area (Å²) >= 11 is 12.0. The van der Waals surface area contributed by atoms with Crippen molar-refractivity contribution < 1.29 is 38.0 Å². The van der Waals surface area contributed by atoms with Crippen molar-refractivity contribution >= 4 is 59.5 Å². The van der Waals surface area contributed by atoms with Crippen molar-refractivity contribution in [2.45, 2.75) is 104 Å². The number of rotatable bonds is 6. The summed E-state index contributed by atoms with van der Waals surface area (Å²) in [7, 11) is -0.524. The van der Waals surface area contributed by atoms with E-state index in [2.05, 4.69) is 9.97 Å². The minimum atomic E-state index is -0.593. The summed E-state index contributed by atoms with van der Waals surface area (Å²) in [6.07, 6.45) is 2.78. The van der Waals surface area contributed by atoms with Crippen LogP contribution in [0.2, 0.25) is 10.3 Å². The van der Waals surface area contributed by atoms with Crippen LogP contribution in [0.4, 0.5) is 0 Å². The number of aromatic nitrogens is 2. The maximum Gasteiger partial charge on any atom is 0.494 e. The summed E-state index contributed by atoms with van der Waals surface area (Å²) in [6, 6.07) is 11.2. The molecule has 1 fully saturated rings. The first-order valence-electron chi connectivity index (χ1n) is 18.2. The quantitative estimate of drug-likeness (QED) is 0.163. The van der Waals surface area contributed by atoms with Crippen molar-refractivity contribution in [3.05, 3.63) is 75.2 Å². The van der Waals surface area contributed by atoms with E-state index in [9.17, 15) is 19.2 Å². The second-order valence-corrected chi connectivity index (χ2v) is 17.6. The Morgan fingerprint density at radius 2 is 1.25 bits per heavy atom. The summed E-state index contributed by atoms with van der Waals surface area (Å²) in [4.78, 5) is 61.1. The molecule has 0 aliphatic carbocycles. The molecule has 12 nitrogen and oxygen atoms in total. The van der Waals surface area contributed by atoms with Gasteiger partial charge >= 0.3 is 19.1 Å². The van der Waals surface area contributed by atoms with Crippen LogP contribution in [0.15, 0.2) is 42.6 Å². The maximum atomic E-state index is 13.0. The van der Waals surface area contributed by atoms with Crippen LogP contribution in [0.5, 0.6) is 0 Å². The first kappa shape index (κ1) is 42.1. The topological polar surface area (TPSA) is 137 Å². The van der Waals surface area contributed by atoms with Crippen molar-refractivity contribution in [3.8, 4) is 11.3 Å². The summed E-state index contributed by atoms with van der Waals surface area (Å²) in [5, 5.41) is 0.415. The molecule has 0 radical (unpaired) electrons. The van der Waals surface area contributed by atoms with E-state index in [1.807, 2.05) is 78.8 Å². The lowest BCUT2D eigenvalue weighted by molar-refractivity contribution is -0.156. The average Bonchev–Trinajstić information content (AvgIpc) is 3.29. The summed E-state index contributed by atoms with van der Waals surface area (Å²) in [6.45, 7) is 19.7. The molecule has 0 bridgehead atoms. The smallest absolute Gasteiger partial charge is 0.459 e. The van der Waals surface area contributed by atoms with Crippen LogP contribution in [0, 0.1) is 0 Å². The van der Waals surface area contributed by atoms with Gasteiger partial charge in [-0.1, -0.05) is 35.9 Å². The predicted molar refractivity (Wildman–Crippen MR) is 211 cm³/mol. The third kappa shape index (κ3) is 10.2. The molecular formula is C40H49BCl2N4O8. The van der Waals surface area contributed by atoms with Crippen molar-refractivity contribution in [3.63, 3.8) is 0 Å². The first-order valence-corrected chi connectivity index (χ1v) is 19.0. The highest BCUT2D eigenvalue weighted by Gasteiger charge is 2.52. The standard InChI is InChI=1S/C21H30BNO5.C19H19Cl2N3O3/c1-19(2,3)26-17(24)13-23-11-10-14-8-9-15(12-16(14)18(23)25)22-27-20(4,5)21(6,7)28-22;1-19(2,3)27-15(25)10-24-7-6-11-4-5-12(8-13(11)17(24)26)16-14(20)9-22-18(21)23-16/h8-9,12H,10-11,13H2,1-7H3;4-5,8-9H,6-7,10H2,1-3H3. The summed E-state index contributed by atoms with van der Waals surface area (Å²) < 4.78 is 22.9. The summed E-state index contributed by atoms with van der Waals surface area (Å²) in [5.41, 5.74) is 2.89. The SMILES string of the molecule is CC(C)(C)OC(=O)CN1CCc2ccc(-c3nc(Cl)ncc3Cl)cc2C1=O.CC(C)(C)OC(=O)CN1CCc2ccc(B3OC(C)(C)C(C)(C)O3)cc2C1=O. The molecule has 1 aromatic heterocycles. The van der Waals surface area contributed by atoms with Crippen LogP contribution in [0.1, 0.15) is 101 Å². The molecule has 3 aliphatic rings. The minimum absolute atomic E-state index is 0.0454. The van der Waals surface area contributed by atoms with Crippen LogP contribution in [0.3, 0.4) is 0 Å². The molecule has 6 rings (SSSR count).